The Morgan fingerprint density at radius 3 is 3.00 bits per heavy atom. The highest BCUT2D eigenvalue weighted by molar-refractivity contribution is 5.81. The van der Waals surface area contributed by atoms with E-state index in [0.29, 0.717) is 13.1 Å². The van der Waals surface area contributed by atoms with Crippen LogP contribution in [0.3, 0.4) is 0 Å². The Morgan fingerprint density at radius 2 is 2.24 bits per heavy atom. The average molecular weight is 232 g/mol. The number of nitrogens with two attached hydrogens (primary N) is 1. The van der Waals surface area contributed by atoms with E-state index in [4.69, 9.17) is 5.73 Å². The number of aromatic nitrogens is 2. The number of nitrogens with one attached hydrogen (secondary N) is 1. The van der Waals surface area contributed by atoms with E-state index in [1.807, 2.05) is 35.8 Å². The summed E-state index contributed by atoms with van der Waals surface area (Å²) in [5.74, 6) is 0.802. The van der Waals surface area contributed by atoms with Gasteiger partial charge in [0.15, 0.2) is 0 Å². The molecule has 0 aliphatic rings. The van der Waals surface area contributed by atoms with E-state index in [1.54, 1.807) is 0 Å². The Labute approximate surface area is 99.6 Å². The number of carbonyl (C=O) groups excluding carboxylic acids is 1. The maximum absolute atomic E-state index is 11.6. The van der Waals surface area contributed by atoms with Gasteiger partial charge >= 0.3 is 0 Å². The monoisotopic (exact) mass is 232 g/mol. The molecule has 0 saturated heterocycles. The molecule has 1 amide bonds. The average Bonchev–Trinajstić information content (AvgIpc) is 2.64. The molecule has 0 atom stereocenters. The predicted molar refractivity (Wildman–Crippen MR) is 66.5 cm³/mol. The third kappa shape index (κ3) is 2.45. The SMILES string of the molecule is Cc1nc2ccccc2n1CC(=O)NCCN. The van der Waals surface area contributed by atoms with Crippen molar-refractivity contribution in [2.45, 2.75) is 13.5 Å². The standard InChI is InChI=1S/C12H16N4O/c1-9-15-10-4-2-3-5-11(10)16(9)8-12(17)14-7-6-13/h2-5H,6-8,13H2,1H3,(H,14,17). The molecule has 5 nitrogen and oxygen atoms in total. The Kier molecular flexibility index (Phi) is 3.39. The fraction of sp³-hybridized carbons (Fsp3) is 0.333. The maximum atomic E-state index is 11.6. The van der Waals surface area contributed by atoms with Crippen molar-refractivity contribution in [3.63, 3.8) is 0 Å². The summed E-state index contributed by atoms with van der Waals surface area (Å²) >= 11 is 0. The van der Waals surface area contributed by atoms with Gasteiger partial charge in [-0.05, 0) is 19.1 Å². The fourth-order valence-electron chi connectivity index (χ4n) is 1.81. The Balaban J connectivity index is 2.23. The topological polar surface area (TPSA) is 72.9 Å². The predicted octanol–water partition coefficient (Wildman–Crippen LogP) is 0.420. The lowest BCUT2D eigenvalue weighted by molar-refractivity contribution is -0.121. The second kappa shape index (κ2) is 4.97. The number of carbonyl (C=O) groups is 1. The molecule has 17 heavy (non-hydrogen) atoms. The van der Waals surface area contributed by atoms with Crippen molar-refractivity contribution >= 4 is 16.9 Å². The number of imidazole rings is 1. The second-order valence-electron chi connectivity index (χ2n) is 3.87. The van der Waals surface area contributed by atoms with Gasteiger partial charge in [0.1, 0.15) is 12.4 Å². The van der Waals surface area contributed by atoms with Gasteiger partial charge in [0.25, 0.3) is 0 Å². The van der Waals surface area contributed by atoms with Gasteiger partial charge in [-0.25, -0.2) is 4.98 Å². The Bertz CT molecular complexity index is 532. The summed E-state index contributed by atoms with van der Waals surface area (Å²) < 4.78 is 1.90. The molecule has 0 fully saturated rings. The molecule has 0 saturated carbocycles. The molecule has 0 spiro atoms. The lowest BCUT2D eigenvalue weighted by Gasteiger charge is -2.07. The van der Waals surface area contributed by atoms with Gasteiger partial charge in [0, 0.05) is 13.1 Å². The van der Waals surface area contributed by atoms with Gasteiger partial charge in [0.2, 0.25) is 5.91 Å². The minimum Gasteiger partial charge on any atom is -0.353 e. The minimum atomic E-state index is -0.0401. The van der Waals surface area contributed by atoms with Crippen LogP contribution in [0.4, 0.5) is 0 Å². The lowest BCUT2D eigenvalue weighted by Crippen LogP contribution is -2.32. The van der Waals surface area contributed by atoms with Crippen LogP contribution in [0.25, 0.3) is 11.0 Å². The van der Waals surface area contributed by atoms with Crippen LogP contribution in [0, 0.1) is 6.92 Å². The number of benzene rings is 1. The van der Waals surface area contributed by atoms with Crippen LogP contribution in [0.1, 0.15) is 5.82 Å². The molecule has 5 heteroatoms. The Morgan fingerprint density at radius 1 is 1.47 bits per heavy atom. The molecule has 90 valence electrons. The molecule has 0 aliphatic heterocycles. The molecule has 0 aliphatic carbocycles. The van der Waals surface area contributed by atoms with Gasteiger partial charge in [0.05, 0.1) is 11.0 Å². The third-order valence-corrected chi connectivity index (χ3v) is 2.61. The molecule has 2 rings (SSSR count). The summed E-state index contributed by atoms with van der Waals surface area (Å²) in [6, 6.07) is 7.79. The third-order valence-electron chi connectivity index (χ3n) is 2.61. The number of hydrogen-bond donors (Lipinski definition) is 2. The van der Waals surface area contributed by atoms with Crippen LogP contribution in [-0.2, 0) is 11.3 Å². The minimum absolute atomic E-state index is 0.0401. The van der Waals surface area contributed by atoms with Crippen LogP contribution in [-0.4, -0.2) is 28.5 Å². The zero-order valence-electron chi connectivity index (χ0n) is 9.81. The number of fused-ring (bicyclic) bond motifs is 1. The summed E-state index contributed by atoms with van der Waals surface area (Å²) in [7, 11) is 0. The Hall–Kier alpha value is -1.88. The van der Waals surface area contributed by atoms with Crippen molar-refractivity contribution in [3.8, 4) is 0 Å². The maximum Gasteiger partial charge on any atom is 0.240 e. The second-order valence-corrected chi connectivity index (χ2v) is 3.87. The number of amides is 1. The number of rotatable bonds is 4. The summed E-state index contributed by atoms with van der Waals surface area (Å²) in [6.07, 6.45) is 0. The van der Waals surface area contributed by atoms with Crippen LogP contribution in [0.5, 0.6) is 0 Å². The largest absolute Gasteiger partial charge is 0.353 e. The zero-order valence-corrected chi connectivity index (χ0v) is 9.81. The highest BCUT2D eigenvalue weighted by Crippen LogP contribution is 2.14. The first-order chi connectivity index (χ1) is 8.22. The molecule has 1 aromatic carbocycles. The van der Waals surface area contributed by atoms with E-state index < -0.39 is 0 Å². The molecule has 0 bridgehead atoms. The highest BCUT2D eigenvalue weighted by atomic mass is 16.1. The van der Waals surface area contributed by atoms with Crippen molar-refractivity contribution in [1.82, 2.24) is 14.9 Å². The van der Waals surface area contributed by atoms with Crippen LogP contribution in [0.15, 0.2) is 24.3 Å². The number of nitrogens with zero attached hydrogens (tertiary/aromatic N) is 2. The quantitative estimate of drug-likeness (QED) is 0.802. The van der Waals surface area contributed by atoms with E-state index in [9.17, 15) is 4.79 Å². The van der Waals surface area contributed by atoms with Crippen LogP contribution < -0.4 is 11.1 Å². The smallest absolute Gasteiger partial charge is 0.240 e. The van der Waals surface area contributed by atoms with Crippen molar-refractivity contribution in [2.24, 2.45) is 5.73 Å². The summed E-state index contributed by atoms with van der Waals surface area (Å²) in [5.41, 5.74) is 7.23. The summed E-state index contributed by atoms with van der Waals surface area (Å²) in [5, 5.41) is 2.75. The number of hydrogen-bond acceptors (Lipinski definition) is 3. The first-order valence-corrected chi connectivity index (χ1v) is 5.61. The molecular formula is C12H16N4O. The fourth-order valence-corrected chi connectivity index (χ4v) is 1.81. The molecule has 1 heterocycles. The first-order valence-electron chi connectivity index (χ1n) is 5.61. The molecule has 0 radical (unpaired) electrons. The molecular weight excluding hydrogens is 216 g/mol. The van der Waals surface area contributed by atoms with Crippen molar-refractivity contribution in [3.05, 3.63) is 30.1 Å². The molecule has 3 N–H and O–H groups in total. The lowest BCUT2D eigenvalue weighted by atomic mass is 10.3. The van der Waals surface area contributed by atoms with E-state index in [2.05, 4.69) is 10.3 Å². The van der Waals surface area contributed by atoms with Gasteiger partial charge in [-0.3, -0.25) is 4.79 Å². The normalized spacial score (nSPS) is 10.7. The van der Waals surface area contributed by atoms with E-state index >= 15 is 0 Å². The first kappa shape index (κ1) is 11.6. The van der Waals surface area contributed by atoms with E-state index in [0.717, 1.165) is 16.9 Å². The van der Waals surface area contributed by atoms with Crippen molar-refractivity contribution in [1.29, 1.82) is 0 Å². The molecule has 1 aromatic heterocycles. The van der Waals surface area contributed by atoms with E-state index in [-0.39, 0.29) is 12.5 Å². The summed E-state index contributed by atoms with van der Waals surface area (Å²) in [6.45, 7) is 3.14. The zero-order chi connectivity index (χ0) is 12.3. The molecule has 0 unspecified atom stereocenters. The summed E-state index contributed by atoms with van der Waals surface area (Å²) in [4.78, 5) is 16.1. The highest BCUT2D eigenvalue weighted by Gasteiger charge is 2.09. The van der Waals surface area contributed by atoms with Gasteiger partial charge < -0.3 is 15.6 Å². The van der Waals surface area contributed by atoms with E-state index in [1.165, 1.54) is 0 Å². The van der Waals surface area contributed by atoms with Crippen molar-refractivity contribution < 1.29 is 4.79 Å². The van der Waals surface area contributed by atoms with Gasteiger partial charge in [-0.15, -0.1) is 0 Å². The van der Waals surface area contributed by atoms with Crippen LogP contribution >= 0.6 is 0 Å². The molecule has 2 aromatic rings. The van der Waals surface area contributed by atoms with Crippen molar-refractivity contribution in [2.75, 3.05) is 13.1 Å². The number of para-hydroxylation sites is 2. The van der Waals surface area contributed by atoms with Crippen LogP contribution in [0.2, 0.25) is 0 Å². The van der Waals surface area contributed by atoms with Gasteiger partial charge in [-0.1, -0.05) is 12.1 Å². The van der Waals surface area contributed by atoms with Gasteiger partial charge in [-0.2, -0.15) is 0 Å². The number of aryl methyl sites for hydroxylation is 1.